The molecule has 5 aromatic rings. The Morgan fingerprint density at radius 1 is 0.700 bits per heavy atom. The monoisotopic (exact) mass is 468 g/mol. The average Bonchev–Trinajstić information content (AvgIpc) is 3.17. The maximum atomic E-state index is 3.70. The Balaban J connectivity index is 1.71. The van der Waals surface area contributed by atoms with Crippen LogP contribution in [0.25, 0.3) is 22.2 Å². The number of halogens is 1. The first-order valence-electron chi connectivity index (χ1n) is 9.82. The third-order valence-electron chi connectivity index (χ3n) is 5.45. The van der Waals surface area contributed by atoms with Crippen LogP contribution in [0.15, 0.2) is 111 Å². The molecule has 0 aliphatic carbocycles. The summed E-state index contributed by atoms with van der Waals surface area (Å²) >= 11 is 5.48. The minimum absolute atomic E-state index is 1.07. The molecule has 6 rings (SSSR count). The SMILES string of the molecule is Brc1cccc(-c2[nH]c3ccccc3c2N2c3ccccc3Sc3ccccc32)c1. The lowest BCUT2D eigenvalue weighted by atomic mass is 10.1. The molecular formula is C26H17BrN2S. The number of nitrogens with one attached hydrogen (secondary N) is 1. The number of hydrogen-bond acceptors (Lipinski definition) is 2. The lowest BCUT2D eigenvalue weighted by Crippen LogP contribution is -2.15. The third kappa shape index (κ3) is 2.79. The number of nitrogens with zero attached hydrogens (tertiary/aromatic N) is 1. The predicted octanol–water partition coefficient (Wildman–Crippen LogP) is 8.53. The Morgan fingerprint density at radius 3 is 2.10 bits per heavy atom. The summed E-state index contributed by atoms with van der Waals surface area (Å²) in [5.74, 6) is 0. The van der Waals surface area contributed by atoms with Crippen LogP contribution in [0.5, 0.6) is 0 Å². The quantitative estimate of drug-likeness (QED) is 0.274. The molecule has 30 heavy (non-hydrogen) atoms. The summed E-state index contributed by atoms with van der Waals surface area (Å²) in [7, 11) is 0. The van der Waals surface area contributed by atoms with E-state index in [1.54, 1.807) is 0 Å². The number of hydrogen-bond donors (Lipinski definition) is 1. The van der Waals surface area contributed by atoms with Crippen LogP contribution in [-0.2, 0) is 0 Å². The van der Waals surface area contributed by atoms with Gasteiger partial charge in [-0.2, -0.15) is 0 Å². The highest BCUT2D eigenvalue weighted by Crippen LogP contribution is 2.54. The highest BCUT2D eigenvalue weighted by Gasteiger charge is 2.28. The topological polar surface area (TPSA) is 19.0 Å². The molecule has 0 fully saturated rings. The maximum Gasteiger partial charge on any atom is 0.0797 e. The molecular weight excluding hydrogens is 452 g/mol. The molecule has 144 valence electrons. The first kappa shape index (κ1) is 17.9. The second kappa shape index (κ2) is 7.08. The number of aromatic amines is 1. The molecule has 0 spiro atoms. The van der Waals surface area contributed by atoms with E-state index in [4.69, 9.17) is 0 Å². The molecule has 1 aliphatic heterocycles. The van der Waals surface area contributed by atoms with Crippen LogP contribution in [0, 0.1) is 0 Å². The Kier molecular flexibility index (Phi) is 4.22. The van der Waals surface area contributed by atoms with Gasteiger partial charge in [-0.25, -0.2) is 0 Å². The van der Waals surface area contributed by atoms with Crippen molar-refractivity contribution in [2.24, 2.45) is 0 Å². The zero-order chi connectivity index (χ0) is 20.1. The molecule has 2 nitrogen and oxygen atoms in total. The molecule has 0 saturated carbocycles. The summed E-state index contributed by atoms with van der Waals surface area (Å²) in [5, 5.41) is 1.21. The molecule has 0 unspecified atom stereocenters. The van der Waals surface area contributed by atoms with Gasteiger partial charge in [-0.1, -0.05) is 82.3 Å². The fourth-order valence-electron chi connectivity index (χ4n) is 4.16. The zero-order valence-corrected chi connectivity index (χ0v) is 18.4. The van der Waals surface area contributed by atoms with Crippen molar-refractivity contribution in [3.8, 4) is 11.3 Å². The fourth-order valence-corrected chi connectivity index (χ4v) is 5.61. The lowest BCUT2D eigenvalue weighted by Gasteiger charge is -2.33. The van der Waals surface area contributed by atoms with Crippen molar-refractivity contribution < 1.29 is 0 Å². The van der Waals surface area contributed by atoms with Gasteiger partial charge in [0.2, 0.25) is 0 Å². The number of rotatable bonds is 2. The predicted molar refractivity (Wildman–Crippen MR) is 130 cm³/mol. The van der Waals surface area contributed by atoms with Gasteiger partial charge in [0, 0.05) is 30.7 Å². The number of fused-ring (bicyclic) bond motifs is 3. The van der Waals surface area contributed by atoms with Crippen LogP contribution >= 0.6 is 27.7 Å². The van der Waals surface area contributed by atoms with Crippen molar-refractivity contribution in [2.45, 2.75) is 9.79 Å². The molecule has 0 radical (unpaired) electrons. The number of H-pyrrole nitrogens is 1. The summed E-state index contributed by atoms with van der Waals surface area (Å²) in [6.45, 7) is 0. The van der Waals surface area contributed by atoms with Crippen LogP contribution in [-0.4, -0.2) is 4.98 Å². The van der Waals surface area contributed by atoms with Gasteiger partial charge >= 0.3 is 0 Å². The van der Waals surface area contributed by atoms with Crippen molar-refractivity contribution >= 4 is 55.7 Å². The van der Waals surface area contributed by atoms with Crippen LogP contribution in [0.3, 0.4) is 0 Å². The molecule has 1 N–H and O–H groups in total. The molecule has 1 aromatic heterocycles. The van der Waals surface area contributed by atoms with Crippen molar-refractivity contribution in [3.63, 3.8) is 0 Å². The van der Waals surface area contributed by atoms with Crippen LogP contribution in [0.1, 0.15) is 0 Å². The summed E-state index contributed by atoms with van der Waals surface area (Å²) in [6.07, 6.45) is 0. The number of para-hydroxylation sites is 3. The summed E-state index contributed by atoms with van der Waals surface area (Å²) in [6, 6.07) is 34.3. The Bertz CT molecular complexity index is 1360. The normalized spacial score (nSPS) is 12.6. The first-order valence-corrected chi connectivity index (χ1v) is 11.4. The summed E-state index contributed by atoms with van der Waals surface area (Å²) in [4.78, 5) is 8.64. The van der Waals surface area contributed by atoms with E-state index in [0.29, 0.717) is 0 Å². The number of benzene rings is 4. The average molecular weight is 469 g/mol. The third-order valence-corrected chi connectivity index (χ3v) is 7.07. The molecule has 0 bridgehead atoms. The fraction of sp³-hybridized carbons (Fsp3) is 0. The Hall–Kier alpha value is -2.95. The number of anilines is 3. The van der Waals surface area contributed by atoms with E-state index in [1.807, 2.05) is 11.8 Å². The van der Waals surface area contributed by atoms with Crippen molar-refractivity contribution in [3.05, 3.63) is 102 Å². The van der Waals surface area contributed by atoms with Gasteiger partial charge in [-0.15, -0.1) is 0 Å². The second-order valence-corrected chi connectivity index (χ2v) is 9.28. The maximum absolute atomic E-state index is 3.70. The van der Waals surface area contributed by atoms with Crippen molar-refractivity contribution in [1.29, 1.82) is 0 Å². The lowest BCUT2D eigenvalue weighted by molar-refractivity contribution is 1.17. The van der Waals surface area contributed by atoms with Crippen LogP contribution in [0.4, 0.5) is 17.1 Å². The molecule has 0 amide bonds. The van der Waals surface area contributed by atoms with Gasteiger partial charge in [0.05, 0.1) is 22.8 Å². The first-order chi connectivity index (χ1) is 14.8. The second-order valence-electron chi connectivity index (χ2n) is 7.28. The van der Waals surface area contributed by atoms with Gasteiger partial charge in [0.25, 0.3) is 0 Å². The van der Waals surface area contributed by atoms with E-state index < -0.39 is 0 Å². The van der Waals surface area contributed by atoms with Crippen LogP contribution in [0.2, 0.25) is 0 Å². The minimum atomic E-state index is 1.07. The van der Waals surface area contributed by atoms with Gasteiger partial charge in [-0.05, 0) is 42.5 Å². The highest BCUT2D eigenvalue weighted by atomic mass is 79.9. The van der Waals surface area contributed by atoms with Gasteiger partial charge in [-0.3, -0.25) is 0 Å². The van der Waals surface area contributed by atoms with Crippen molar-refractivity contribution in [1.82, 2.24) is 4.98 Å². The Morgan fingerprint density at radius 2 is 1.37 bits per heavy atom. The molecule has 0 saturated heterocycles. The smallest absolute Gasteiger partial charge is 0.0797 e. The largest absolute Gasteiger partial charge is 0.353 e. The van der Waals surface area contributed by atoms with E-state index in [0.717, 1.165) is 21.2 Å². The Labute approximate surface area is 187 Å². The van der Waals surface area contributed by atoms with E-state index >= 15 is 0 Å². The molecule has 4 heteroatoms. The summed E-state index contributed by atoms with van der Waals surface area (Å²) < 4.78 is 1.07. The van der Waals surface area contributed by atoms with Gasteiger partial charge in [0.1, 0.15) is 0 Å². The van der Waals surface area contributed by atoms with E-state index in [2.05, 4.69) is 123 Å². The molecule has 2 heterocycles. The summed E-state index contributed by atoms with van der Waals surface area (Å²) in [5.41, 5.74) is 7.02. The highest BCUT2D eigenvalue weighted by molar-refractivity contribution is 9.10. The zero-order valence-electron chi connectivity index (χ0n) is 16.0. The van der Waals surface area contributed by atoms with Crippen LogP contribution < -0.4 is 4.90 Å². The van der Waals surface area contributed by atoms with Gasteiger partial charge < -0.3 is 9.88 Å². The minimum Gasteiger partial charge on any atom is -0.353 e. The molecule has 0 atom stereocenters. The van der Waals surface area contributed by atoms with Gasteiger partial charge in [0.15, 0.2) is 0 Å². The number of aromatic nitrogens is 1. The molecule has 1 aliphatic rings. The van der Waals surface area contributed by atoms with E-state index in [-0.39, 0.29) is 0 Å². The van der Waals surface area contributed by atoms with E-state index in [9.17, 15) is 0 Å². The van der Waals surface area contributed by atoms with Crippen molar-refractivity contribution in [2.75, 3.05) is 4.90 Å². The van der Waals surface area contributed by atoms with E-state index in [1.165, 1.54) is 32.2 Å². The molecule has 4 aromatic carbocycles. The standard InChI is InChI=1S/C26H17BrN2S/c27-18-9-7-8-17(16-18)25-26(19-10-1-2-11-20(19)28-25)29-21-12-3-5-14-23(21)30-24-15-6-4-13-22(24)29/h1-16,28H.